The van der Waals surface area contributed by atoms with Crippen molar-refractivity contribution in [3.05, 3.63) is 42.0 Å². The Balaban J connectivity index is 2.00. The highest BCUT2D eigenvalue weighted by atomic mass is 16.5. The second-order valence-electron chi connectivity index (χ2n) is 4.93. The Labute approximate surface area is 120 Å². The maximum atomic E-state index is 8.74. The molecule has 0 bridgehead atoms. The van der Waals surface area contributed by atoms with E-state index in [1.165, 1.54) is 10.9 Å². The predicted molar refractivity (Wildman–Crippen MR) is 83.1 cm³/mol. The summed E-state index contributed by atoms with van der Waals surface area (Å²) in [5.74, 6) is 0.923. The lowest BCUT2D eigenvalue weighted by Gasteiger charge is -2.11. The number of aliphatic hydroxyl groups excluding tert-OH is 1. The van der Waals surface area contributed by atoms with Crippen LogP contribution in [0.2, 0.25) is 0 Å². The second-order valence-corrected chi connectivity index (χ2v) is 4.93. The topological polar surface area (TPSA) is 41.5 Å². The minimum atomic E-state index is 0.295. The molecule has 108 valence electrons. The minimum Gasteiger partial charge on any atom is -0.496 e. The van der Waals surface area contributed by atoms with E-state index in [-0.39, 0.29) is 0 Å². The molecule has 2 N–H and O–H groups in total. The summed E-state index contributed by atoms with van der Waals surface area (Å²) in [7, 11) is 1.71. The lowest BCUT2D eigenvalue weighted by atomic mass is 10.0. The first-order valence-corrected chi connectivity index (χ1v) is 7.23. The van der Waals surface area contributed by atoms with Crippen molar-refractivity contribution >= 4 is 10.8 Å². The third-order valence-corrected chi connectivity index (χ3v) is 3.52. The van der Waals surface area contributed by atoms with Crippen LogP contribution in [0.3, 0.4) is 0 Å². The average Bonchev–Trinajstić information content (AvgIpc) is 2.50. The molecule has 0 saturated heterocycles. The van der Waals surface area contributed by atoms with Gasteiger partial charge in [-0.3, -0.25) is 0 Å². The summed E-state index contributed by atoms with van der Waals surface area (Å²) in [6, 6.07) is 12.5. The van der Waals surface area contributed by atoms with Crippen molar-refractivity contribution in [3.63, 3.8) is 0 Å². The summed E-state index contributed by atoms with van der Waals surface area (Å²) in [6.45, 7) is 2.15. The third kappa shape index (κ3) is 3.71. The number of rotatable bonds is 8. The van der Waals surface area contributed by atoms with Crippen molar-refractivity contribution in [2.75, 3.05) is 20.3 Å². The number of hydrogen-bond donors (Lipinski definition) is 2. The van der Waals surface area contributed by atoms with Crippen LogP contribution in [0, 0.1) is 0 Å². The Morgan fingerprint density at radius 3 is 2.55 bits per heavy atom. The molecule has 2 aromatic carbocycles. The van der Waals surface area contributed by atoms with Gasteiger partial charge in [0, 0.05) is 18.5 Å². The van der Waals surface area contributed by atoms with Gasteiger partial charge in [0.25, 0.3) is 0 Å². The number of aliphatic hydroxyl groups is 1. The van der Waals surface area contributed by atoms with E-state index in [0.29, 0.717) is 6.61 Å². The highest BCUT2D eigenvalue weighted by molar-refractivity contribution is 5.91. The summed E-state index contributed by atoms with van der Waals surface area (Å²) in [5, 5.41) is 14.6. The molecule has 2 rings (SSSR count). The molecule has 2 aromatic rings. The number of ether oxygens (including phenoxy) is 1. The highest BCUT2D eigenvalue weighted by Gasteiger charge is 2.05. The highest BCUT2D eigenvalue weighted by Crippen LogP contribution is 2.28. The first kappa shape index (κ1) is 14.8. The average molecular weight is 273 g/mol. The Morgan fingerprint density at radius 1 is 1.00 bits per heavy atom. The fraction of sp³-hybridized carbons (Fsp3) is 0.412. The van der Waals surface area contributed by atoms with E-state index in [0.717, 1.165) is 43.5 Å². The zero-order valence-corrected chi connectivity index (χ0v) is 12.1. The number of methoxy groups -OCH3 is 1. The molecule has 0 aliphatic rings. The molecule has 0 radical (unpaired) electrons. The Morgan fingerprint density at radius 2 is 1.80 bits per heavy atom. The van der Waals surface area contributed by atoms with Crippen LogP contribution < -0.4 is 10.1 Å². The van der Waals surface area contributed by atoms with Gasteiger partial charge in [0.1, 0.15) is 5.75 Å². The lowest BCUT2D eigenvalue weighted by Crippen LogP contribution is -2.15. The maximum absolute atomic E-state index is 8.74. The summed E-state index contributed by atoms with van der Waals surface area (Å²) < 4.78 is 5.41. The molecule has 0 saturated carbocycles. The standard InChI is InChI=1S/C17H23NO2/c1-20-17-10-9-14(13-18-11-5-2-6-12-19)15-7-3-4-8-16(15)17/h3-4,7-10,18-19H,2,5-6,11-13H2,1H3. The Hall–Kier alpha value is -1.58. The zero-order chi connectivity index (χ0) is 14.2. The molecule has 0 amide bonds. The molecule has 0 atom stereocenters. The SMILES string of the molecule is COc1ccc(CNCCCCCO)c2ccccc12. The molecule has 3 nitrogen and oxygen atoms in total. The molecule has 0 aromatic heterocycles. The van der Waals surface area contributed by atoms with Crippen LogP contribution in [0.5, 0.6) is 5.75 Å². The Kier molecular flexibility index (Phi) is 5.84. The molecule has 20 heavy (non-hydrogen) atoms. The van der Waals surface area contributed by atoms with Crippen molar-refractivity contribution in [2.24, 2.45) is 0 Å². The lowest BCUT2D eigenvalue weighted by molar-refractivity contribution is 0.283. The third-order valence-electron chi connectivity index (χ3n) is 3.52. The van der Waals surface area contributed by atoms with Crippen LogP contribution in [-0.4, -0.2) is 25.4 Å². The molecule has 3 heteroatoms. The van der Waals surface area contributed by atoms with Crippen LogP contribution in [0.4, 0.5) is 0 Å². The summed E-state index contributed by atoms with van der Waals surface area (Å²) in [6.07, 6.45) is 3.08. The Bertz CT molecular complexity index is 540. The van der Waals surface area contributed by atoms with Crippen LogP contribution in [-0.2, 0) is 6.54 Å². The first-order valence-electron chi connectivity index (χ1n) is 7.23. The fourth-order valence-corrected chi connectivity index (χ4v) is 2.43. The van der Waals surface area contributed by atoms with Gasteiger partial charge in [-0.05, 0) is 42.8 Å². The number of hydrogen-bond acceptors (Lipinski definition) is 3. The van der Waals surface area contributed by atoms with Crippen molar-refractivity contribution in [3.8, 4) is 5.75 Å². The van der Waals surface area contributed by atoms with Gasteiger partial charge in [-0.15, -0.1) is 0 Å². The van der Waals surface area contributed by atoms with E-state index >= 15 is 0 Å². The number of benzene rings is 2. The molecule has 0 fully saturated rings. The number of unbranched alkanes of at least 4 members (excludes halogenated alkanes) is 2. The van der Waals surface area contributed by atoms with E-state index in [2.05, 4.69) is 29.6 Å². The van der Waals surface area contributed by atoms with Gasteiger partial charge in [0.15, 0.2) is 0 Å². The van der Waals surface area contributed by atoms with Crippen molar-refractivity contribution < 1.29 is 9.84 Å². The van der Waals surface area contributed by atoms with Gasteiger partial charge in [0.05, 0.1) is 7.11 Å². The van der Waals surface area contributed by atoms with E-state index in [9.17, 15) is 0 Å². The predicted octanol–water partition coefficient (Wildman–Crippen LogP) is 3.10. The summed E-state index contributed by atoms with van der Waals surface area (Å²) >= 11 is 0. The van der Waals surface area contributed by atoms with Gasteiger partial charge in [0.2, 0.25) is 0 Å². The van der Waals surface area contributed by atoms with E-state index < -0.39 is 0 Å². The molecule has 0 unspecified atom stereocenters. The largest absolute Gasteiger partial charge is 0.496 e. The van der Waals surface area contributed by atoms with Gasteiger partial charge in [-0.25, -0.2) is 0 Å². The minimum absolute atomic E-state index is 0.295. The van der Waals surface area contributed by atoms with E-state index in [4.69, 9.17) is 9.84 Å². The van der Waals surface area contributed by atoms with Crippen molar-refractivity contribution in [1.29, 1.82) is 0 Å². The maximum Gasteiger partial charge on any atom is 0.126 e. The molecular formula is C17H23NO2. The zero-order valence-electron chi connectivity index (χ0n) is 12.1. The number of fused-ring (bicyclic) bond motifs is 1. The molecule has 0 heterocycles. The van der Waals surface area contributed by atoms with Crippen LogP contribution in [0.1, 0.15) is 24.8 Å². The van der Waals surface area contributed by atoms with E-state index in [1.807, 2.05) is 12.1 Å². The smallest absolute Gasteiger partial charge is 0.126 e. The second kappa shape index (κ2) is 7.88. The quantitative estimate of drug-likeness (QED) is 0.726. The van der Waals surface area contributed by atoms with Gasteiger partial charge >= 0.3 is 0 Å². The molecule has 0 spiro atoms. The van der Waals surface area contributed by atoms with Crippen LogP contribution >= 0.6 is 0 Å². The first-order chi connectivity index (χ1) is 9.86. The monoisotopic (exact) mass is 273 g/mol. The molecule has 0 aliphatic carbocycles. The van der Waals surface area contributed by atoms with Crippen LogP contribution in [0.15, 0.2) is 36.4 Å². The van der Waals surface area contributed by atoms with Gasteiger partial charge < -0.3 is 15.2 Å². The van der Waals surface area contributed by atoms with Gasteiger partial charge in [-0.2, -0.15) is 0 Å². The summed E-state index contributed by atoms with van der Waals surface area (Å²) in [5.41, 5.74) is 1.29. The van der Waals surface area contributed by atoms with Crippen LogP contribution in [0.25, 0.3) is 10.8 Å². The molecule has 0 aliphatic heterocycles. The fourth-order valence-electron chi connectivity index (χ4n) is 2.43. The van der Waals surface area contributed by atoms with Gasteiger partial charge in [-0.1, -0.05) is 30.3 Å². The number of nitrogens with one attached hydrogen (secondary N) is 1. The summed E-state index contributed by atoms with van der Waals surface area (Å²) in [4.78, 5) is 0. The molecular weight excluding hydrogens is 250 g/mol. The van der Waals surface area contributed by atoms with E-state index in [1.54, 1.807) is 7.11 Å². The van der Waals surface area contributed by atoms with Crippen molar-refractivity contribution in [2.45, 2.75) is 25.8 Å². The normalized spacial score (nSPS) is 10.9. The van der Waals surface area contributed by atoms with Crippen molar-refractivity contribution in [1.82, 2.24) is 5.32 Å².